The molecule has 0 fully saturated rings. The highest BCUT2D eigenvalue weighted by atomic mass is 16.5. The van der Waals surface area contributed by atoms with E-state index in [1.165, 1.54) is 270 Å². The molecule has 0 aliphatic rings. The van der Waals surface area contributed by atoms with Crippen molar-refractivity contribution in [3.63, 3.8) is 0 Å². The number of carbonyl (C=O) groups is 2. The molecule has 66 heavy (non-hydrogen) atoms. The highest BCUT2D eigenvalue weighted by Crippen LogP contribution is 2.18. The van der Waals surface area contributed by atoms with E-state index in [1.54, 1.807) is 6.08 Å². The third kappa shape index (κ3) is 52.0. The predicted molar refractivity (Wildman–Crippen MR) is 287 cm³/mol. The van der Waals surface area contributed by atoms with Crippen molar-refractivity contribution in [2.45, 2.75) is 347 Å². The minimum absolute atomic E-state index is 0.0105. The van der Waals surface area contributed by atoms with Gasteiger partial charge in [0.05, 0.1) is 25.4 Å². The summed E-state index contributed by atoms with van der Waals surface area (Å²) in [7, 11) is 0. The maximum Gasteiger partial charge on any atom is 0.305 e. The van der Waals surface area contributed by atoms with Crippen LogP contribution in [-0.4, -0.2) is 47.4 Å². The van der Waals surface area contributed by atoms with Crippen molar-refractivity contribution in [3.05, 3.63) is 12.2 Å². The lowest BCUT2D eigenvalue weighted by Gasteiger charge is -2.20. The van der Waals surface area contributed by atoms with E-state index in [4.69, 9.17) is 4.74 Å². The van der Waals surface area contributed by atoms with Gasteiger partial charge in [-0.15, -0.1) is 0 Å². The van der Waals surface area contributed by atoms with E-state index < -0.39 is 12.1 Å². The van der Waals surface area contributed by atoms with Gasteiger partial charge in [-0.2, -0.15) is 0 Å². The molecular weight excluding hydrogens is 815 g/mol. The summed E-state index contributed by atoms with van der Waals surface area (Å²) in [6, 6.07) is -0.630. The average molecular weight is 933 g/mol. The fourth-order valence-electron chi connectivity index (χ4n) is 9.46. The van der Waals surface area contributed by atoms with E-state index in [-0.39, 0.29) is 18.5 Å². The second kappa shape index (κ2) is 56.2. The molecule has 392 valence electrons. The van der Waals surface area contributed by atoms with Crippen LogP contribution in [0.15, 0.2) is 12.2 Å². The van der Waals surface area contributed by atoms with Gasteiger partial charge in [0.15, 0.2) is 0 Å². The highest BCUT2D eigenvalue weighted by Gasteiger charge is 2.18. The number of amides is 1. The van der Waals surface area contributed by atoms with Crippen molar-refractivity contribution >= 4 is 11.9 Å². The Morgan fingerprint density at radius 1 is 0.409 bits per heavy atom. The van der Waals surface area contributed by atoms with Crippen molar-refractivity contribution in [2.75, 3.05) is 13.2 Å². The Morgan fingerprint density at radius 3 is 1.03 bits per heavy atom. The van der Waals surface area contributed by atoms with E-state index in [2.05, 4.69) is 19.2 Å². The number of aliphatic hydroxyl groups is 2. The molecule has 2 unspecified atom stereocenters. The Hall–Kier alpha value is -1.40. The summed E-state index contributed by atoms with van der Waals surface area (Å²) in [5.41, 5.74) is 0. The van der Waals surface area contributed by atoms with Crippen LogP contribution in [0, 0.1) is 0 Å². The Morgan fingerprint density at radius 2 is 0.697 bits per heavy atom. The van der Waals surface area contributed by atoms with Gasteiger partial charge in [0.25, 0.3) is 0 Å². The summed E-state index contributed by atoms with van der Waals surface area (Å²) in [4.78, 5) is 24.5. The summed E-state index contributed by atoms with van der Waals surface area (Å²) in [6.45, 7) is 4.92. The first kappa shape index (κ1) is 64.6. The summed E-state index contributed by atoms with van der Waals surface area (Å²) >= 11 is 0. The summed E-state index contributed by atoms with van der Waals surface area (Å²) in [5, 5.41) is 23.1. The molecule has 0 saturated carbocycles. The molecule has 0 radical (unpaired) electrons. The zero-order chi connectivity index (χ0) is 47.9. The quantitative estimate of drug-likeness (QED) is 0.0321. The number of nitrogens with one attached hydrogen (secondary N) is 1. The van der Waals surface area contributed by atoms with Crippen molar-refractivity contribution < 1.29 is 24.5 Å². The molecule has 6 nitrogen and oxygen atoms in total. The molecule has 0 aromatic rings. The van der Waals surface area contributed by atoms with Crippen LogP contribution in [0.4, 0.5) is 0 Å². The van der Waals surface area contributed by atoms with Gasteiger partial charge < -0.3 is 20.3 Å². The highest BCUT2D eigenvalue weighted by molar-refractivity contribution is 5.76. The van der Waals surface area contributed by atoms with Gasteiger partial charge in [0.1, 0.15) is 0 Å². The van der Waals surface area contributed by atoms with Gasteiger partial charge in [-0.1, -0.05) is 302 Å². The van der Waals surface area contributed by atoms with Gasteiger partial charge in [-0.05, 0) is 32.1 Å². The lowest BCUT2D eigenvalue weighted by Crippen LogP contribution is -2.45. The van der Waals surface area contributed by atoms with Crippen LogP contribution < -0.4 is 5.32 Å². The standard InChI is InChI=1S/C60H117NO5/c1-3-5-7-9-11-13-15-17-19-26-30-34-38-42-46-50-54-60(65)66-55-51-47-43-39-35-31-27-23-21-20-22-25-29-33-37-41-45-49-53-59(64)61-57(56-62)58(63)52-48-44-40-36-32-28-24-18-16-14-12-10-8-6-4-2/h48,52,57-58,62-63H,3-47,49-51,53-56H2,1-2H3,(H,61,64)/b52-48+. The van der Waals surface area contributed by atoms with Crippen LogP contribution >= 0.6 is 0 Å². The van der Waals surface area contributed by atoms with E-state index in [9.17, 15) is 19.8 Å². The summed E-state index contributed by atoms with van der Waals surface area (Å²) in [6.07, 6.45) is 66.6. The Balaban J connectivity index is 3.41. The summed E-state index contributed by atoms with van der Waals surface area (Å²) < 4.78 is 5.49. The fourth-order valence-corrected chi connectivity index (χ4v) is 9.46. The molecule has 0 rings (SSSR count). The molecule has 0 aromatic carbocycles. The third-order valence-electron chi connectivity index (χ3n) is 14.1. The number of ether oxygens (including phenoxy) is 1. The van der Waals surface area contributed by atoms with Crippen molar-refractivity contribution in [3.8, 4) is 0 Å². The van der Waals surface area contributed by atoms with Gasteiger partial charge in [0.2, 0.25) is 5.91 Å². The Bertz CT molecular complexity index is 986. The number of unbranched alkanes of at least 4 members (excludes halogenated alkanes) is 45. The van der Waals surface area contributed by atoms with Gasteiger partial charge in [0, 0.05) is 12.8 Å². The average Bonchev–Trinajstić information content (AvgIpc) is 3.32. The van der Waals surface area contributed by atoms with Gasteiger partial charge in [-0.25, -0.2) is 0 Å². The molecule has 6 heteroatoms. The maximum absolute atomic E-state index is 12.5. The van der Waals surface area contributed by atoms with Crippen LogP contribution in [0.5, 0.6) is 0 Å². The first-order valence-electron chi connectivity index (χ1n) is 30.0. The first-order valence-corrected chi connectivity index (χ1v) is 30.0. The van der Waals surface area contributed by atoms with Crippen LogP contribution in [0.25, 0.3) is 0 Å². The molecule has 0 spiro atoms. The predicted octanol–water partition coefficient (Wildman–Crippen LogP) is 18.5. The number of allylic oxidation sites excluding steroid dienone is 1. The van der Waals surface area contributed by atoms with E-state index >= 15 is 0 Å². The Kier molecular flexibility index (Phi) is 55.0. The van der Waals surface area contributed by atoms with Crippen LogP contribution in [0.1, 0.15) is 335 Å². The molecule has 1 amide bonds. The second-order valence-electron chi connectivity index (χ2n) is 20.7. The Labute approximate surface area is 412 Å². The monoisotopic (exact) mass is 932 g/mol. The van der Waals surface area contributed by atoms with E-state index in [1.807, 2.05) is 6.08 Å². The third-order valence-corrected chi connectivity index (χ3v) is 14.1. The molecular formula is C60H117NO5. The molecule has 0 bridgehead atoms. The van der Waals surface area contributed by atoms with Crippen LogP contribution in [0.2, 0.25) is 0 Å². The number of hydrogen-bond acceptors (Lipinski definition) is 5. The van der Waals surface area contributed by atoms with E-state index in [0.29, 0.717) is 19.4 Å². The molecule has 0 aromatic heterocycles. The molecule has 0 aliphatic carbocycles. The number of hydrogen-bond donors (Lipinski definition) is 3. The van der Waals surface area contributed by atoms with E-state index in [0.717, 1.165) is 38.5 Å². The second-order valence-corrected chi connectivity index (χ2v) is 20.7. The van der Waals surface area contributed by atoms with Crippen LogP contribution in [-0.2, 0) is 14.3 Å². The minimum atomic E-state index is -0.846. The van der Waals surface area contributed by atoms with Crippen LogP contribution in [0.3, 0.4) is 0 Å². The normalized spacial score (nSPS) is 12.6. The molecule has 3 N–H and O–H groups in total. The van der Waals surface area contributed by atoms with Crippen molar-refractivity contribution in [2.24, 2.45) is 0 Å². The SMILES string of the molecule is CCCCCCCCCCCCCCC/C=C/C(O)C(CO)NC(=O)CCCCCCCCCCCCCCCCCCCCOC(=O)CCCCCCCCCCCCCCCCCC. The number of esters is 1. The van der Waals surface area contributed by atoms with Gasteiger partial charge >= 0.3 is 5.97 Å². The first-order chi connectivity index (χ1) is 32.5. The number of rotatable bonds is 56. The smallest absolute Gasteiger partial charge is 0.305 e. The maximum atomic E-state index is 12.5. The molecule has 2 atom stereocenters. The number of carbonyl (C=O) groups excluding carboxylic acids is 2. The molecule has 0 aliphatic heterocycles. The lowest BCUT2D eigenvalue weighted by atomic mass is 10.0. The lowest BCUT2D eigenvalue weighted by molar-refractivity contribution is -0.143. The zero-order valence-corrected chi connectivity index (χ0v) is 44.7. The van der Waals surface area contributed by atoms with Crippen molar-refractivity contribution in [1.29, 1.82) is 0 Å². The molecule has 0 heterocycles. The summed E-state index contributed by atoms with van der Waals surface area (Å²) in [5.74, 6) is -0.0593. The number of aliphatic hydroxyl groups excluding tert-OH is 2. The molecule has 0 saturated heterocycles. The van der Waals surface area contributed by atoms with Crippen molar-refractivity contribution in [1.82, 2.24) is 5.32 Å². The van der Waals surface area contributed by atoms with Gasteiger partial charge in [-0.3, -0.25) is 9.59 Å². The largest absolute Gasteiger partial charge is 0.466 e. The zero-order valence-electron chi connectivity index (χ0n) is 44.7. The topological polar surface area (TPSA) is 95.9 Å². The fraction of sp³-hybridized carbons (Fsp3) is 0.933. The minimum Gasteiger partial charge on any atom is -0.466 e.